The molecule has 0 radical (unpaired) electrons. The van der Waals surface area contributed by atoms with Crippen LogP contribution in [-0.2, 0) is 9.53 Å². The van der Waals surface area contributed by atoms with E-state index in [9.17, 15) is 4.79 Å². The molecule has 50 valence electrons. The van der Waals surface area contributed by atoms with Crippen LogP contribution in [0.25, 0.3) is 0 Å². The van der Waals surface area contributed by atoms with Crippen molar-refractivity contribution >= 4 is 6.47 Å². The van der Waals surface area contributed by atoms with Crippen molar-refractivity contribution in [2.24, 2.45) is 0 Å². The summed E-state index contributed by atoms with van der Waals surface area (Å²) in [6, 6.07) is 0. The number of carbonyl (C=O) groups excluding carboxylic acids is 1. The van der Waals surface area contributed by atoms with Gasteiger partial charge in [0.25, 0.3) is 6.47 Å². The Hall–Kier alpha value is -0.570. The van der Waals surface area contributed by atoms with Crippen molar-refractivity contribution in [3.8, 4) is 0 Å². The molecule has 3 heteroatoms. The molecule has 0 saturated heterocycles. The number of rotatable bonds is 1. The van der Waals surface area contributed by atoms with Gasteiger partial charge in [0.1, 0.15) is 5.60 Å². The highest BCUT2D eigenvalue weighted by Gasteiger charge is 2.07. The summed E-state index contributed by atoms with van der Waals surface area (Å²) in [5.74, 6) is 0. The van der Waals surface area contributed by atoms with Crippen molar-refractivity contribution in [1.82, 2.24) is 0 Å². The zero-order chi connectivity index (χ0) is 5.91. The monoisotopic (exact) mass is 120 g/mol. The maximum atomic E-state index is 9.60. The van der Waals surface area contributed by atoms with Gasteiger partial charge in [0.05, 0.1) is 0 Å². The van der Waals surface area contributed by atoms with Gasteiger partial charge in [-0.05, 0) is 20.8 Å². The van der Waals surface area contributed by atoms with Gasteiger partial charge in [0.15, 0.2) is 0 Å². The number of carbonyl (C=O) groups is 1. The predicted octanol–water partition coefficient (Wildman–Crippen LogP) is 0.133. The van der Waals surface area contributed by atoms with Gasteiger partial charge in [-0.1, -0.05) is 0 Å². The standard InChI is InChI=1S/C5H10O2.H2O/c1-5(2,3)7-4-6;/h4H,1-3H3;1H2. The first kappa shape index (κ1) is 10.4. The van der Waals surface area contributed by atoms with Crippen LogP contribution in [0.4, 0.5) is 0 Å². The molecule has 0 aliphatic rings. The van der Waals surface area contributed by atoms with E-state index in [0.29, 0.717) is 6.47 Å². The van der Waals surface area contributed by atoms with Crippen LogP contribution in [-0.4, -0.2) is 17.5 Å². The Balaban J connectivity index is 0. The first-order chi connectivity index (χ1) is 3.06. The molecule has 3 nitrogen and oxygen atoms in total. The molecule has 0 aromatic rings. The van der Waals surface area contributed by atoms with Gasteiger partial charge in [0.2, 0.25) is 0 Å². The number of hydrogen-bond donors (Lipinski definition) is 0. The Labute approximate surface area is 49.0 Å². The normalized spacial score (nSPS) is 9.38. The van der Waals surface area contributed by atoms with Crippen molar-refractivity contribution in [3.63, 3.8) is 0 Å². The zero-order valence-corrected chi connectivity index (χ0v) is 5.39. The fraction of sp³-hybridized carbons (Fsp3) is 0.800. The van der Waals surface area contributed by atoms with E-state index in [1.807, 2.05) is 20.8 Å². The molecule has 0 heterocycles. The van der Waals surface area contributed by atoms with E-state index in [2.05, 4.69) is 4.74 Å². The van der Waals surface area contributed by atoms with Gasteiger partial charge in [-0.3, -0.25) is 4.79 Å². The maximum absolute atomic E-state index is 9.60. The summed E-state index contributed by atoms with van der Waals surface area (Å²) < 4.78 is 4.55. The summed E-state index contributed by atoms with van der Waals surface area (Å²) >= 11 is 0. The lowest BCUT2D eigenvalue weighted by molar-refractivity contribution is -0.138. The average molecular weight is 120 g/mol. The van der Waals surface area contributed by atoms with Gasteiger partial charge < -0.3 is 10.2 Å². The molecule has 0 aromatic heterocycles. The molecule has 0 rings (SSSR count). The Morgan fingerprint density at radius 2 is 1.75 bits per heavy atom. The van der Waals surface area contributed by atoms with Crippen LogP contribution in [0.3, 0.4) is 0 Å². The van der Waals surface area contributed by atoms with E-state index < -0.39 is 0 Å². The van der Waals surface area contributed by atoms with Crippen molar-refractivity contribution < 1.29 is 15.0 Å². The molecule has 0 aliphatic carbocycles. The third kappa shape index (κ3) is 9.06. The highest BCUT2D eigenvalue weighted by Crippen LogP contribution is 2.02. The van der Waals surface area contributed by atoms with Crippen LogP contribution in [0.2, 0.25) is 0 Å². The van der Waals surface area contributed by atoms with E-state index in [1.54, 1.807) is 0 Å². The minimum Gasteiger partial charge on any atom is -0.462 e. The van der Waals surface area contributed by atoms with Crippen molar-refractivity contribution in [2.45, 2.75) is 26.4 Å². The zero-order valence-electron chi connectivity index (χ0n) is 5.39. The molecule has 2 N–H and O–H groups in total. The van der Waals surface area contributed by atoms with E-state index >= 15 is 0 Å². The summed E-state index contributed by atoms with van der Waals surface area (Å²) in [6.07, 6.45) is 0. The van der Waals surface area contributed by atoms with Gasteiger partial charge in [-0.2, -0.15) is 0 Å². The van der Waals surface area contributed by atoms with Gasteiger partial charge in [-0.15, -0.1) is 0 Å². The maximum Gasteiger partial charge on any atom is 0.293 e. The Morgan fingerprint density at radius 3 is 1.75 bits per heavy atom. The fourth-order valence-electron chi connectivity index (χ4n) is 0.144. The second-order valence-electron chi connectivity index (χ2n) is 2.33. The smallest absolute Gasteiger partial charge is 0.293 e. The molecule has 8 heavy (non-hydrogen) atoms. The predicted molar refractivity (Wildman–Crippen MR) is 30.5 cm³/mol. The van der Waals surface area contributed by atoms with E-state index in [-0.39, 0.29) is 11.1 Å². The van der Waals surface area contributed by atoms with Gasteiger partial charge in [-0.25, -0.2) is 0 Å². The molecule has 0 amide bonds. The SMILES string of the molecule is CC(C)(C)OC=O.O. The van der Waals surface area contributed by atoms with Crippen molar-refractivity contribution in [1.29, 1.82) is 0 Å². The molecule has 0 saturated carbocycles. The minimum atomic E-state index is -0.318. The first-order valence-corrected chi connectivity index (χ1v) is 2.18. The van der Waals surface area contributed by atoms with Crippen molar-refractivity contribution in [3.05, 3.63) is 0 Å². The lowest BCUT2D eigenvalue weighted by Gasteiger charge is -2.14. The van der Waals surface area contributed by atoms with Crippen LogP contribution in [0.15, 0.2) is 0 Å². The van der Waals surface area contributed by atoms with Gasteiger partial charge >= 0.3 is 0 Å². The first-order valence-electron chi connectivity index (χ1n) is 2.18. The van der Waals surface area contributed by atoms with Crippen LogP contribution < -0.4 is 0 Å². The third-order valence-electron chi connectivity index (χ3n) is 0.402. The van der Waals surface area contributed by atoms with Crippen LogP contribution in [0, 0.1) is 0 Å². The van der Waals surface area contributed by atoms with E-state index in [4.69, 9.17) is 0 Å². The third-order valence-corrected chi connectivity index (χ3v) is 0.402. The average Bonchev–Trinajstić information content (AvgIpc) is 1.30. The number of hydrogen-bond acceptors (Lipinski definition) is 2. The lowest BCUT2D eigenvalue weighted by Crippen LogP contribution is -2.17. The number of ether oxygens (including phenoxy) is 1. The molecule has 0 aromatic carbocycles. The molecule has 0 spiro atoms. The highest BCUT2D eigenvalue weighted by molar-refractivity contribution is 5.37. The van der Waals surface area contributed by atoms with Crippen molar-refractivity contribution in [2.75, 3.05) is 0 Å². The Bertz CT molecular complexity index is 62.6. The van der Waals surface area contributed by atoms with Crippen LogP contribution >= 0.6 is 0 Å². The minimum absolute atomic E-state index is 0. The van der Waals surface area contributed by atoms with E-state index in [1.165, 1.54) is 0 Å². The summed E-state index contributed by atoms with van der Waals surface area (Å²) in [6.45, 7) is 5.92. The summed E-state index contributed by atoms with van der Waals surface area (Å²) in [7, 11) is 0. The molecular weight excluding hydrogens is 108 g/mol. The molecule has 0 fully saturated rings. The Kier molecular flexibility index (Phi) is 4.47. The summed E-state index contributed by atoms with van der Waals surface area (Å²) in [4.78, 5) is 9.60. The second kappa shape index (κ2) is 3.43. The fourth-order valence-corrected chi connectivity index (χ4v) is 0.144. The molecule has 0 atom stereocenters. The quantitative estimate of drug-likeness (QED) is 0.462. The summed E-state index contributed by atoms with van der Waals surface area (Å²) in [5.41, 5.74) is -0.318. The van der Waals surface area contributed by atoms with Crippen LogP contribution in [0.1, 0.15) is 20.8 Å². The highest BCUT2D eigenvalue weighted by atomic mass is 16.5. The topological polar surface area (TPSA) is 57.8 Å². The second-order valence-corrected chi connectivity index (χ2v) is 2.33. The van der Waals surface area contributed by atoms with Crippen LogP contribution in [0.5, 0.6) is 0 Å². The molecular formula is C5H12O3. The molecule has 0 unspecified atom stereocenters. The largest absolute Gasteiger partial charge is 0.462 e. The summed E-state index contributed by atoms with van der Waals surface area (Å²) in [5, 5.41) is 0. The lowest BCUT2D eigenvalue weighted by atomic mass is 10.2. The molecule has 0 aliphatic heterocycles. The van der Waals surface area contributed by atoms with Gasteiger partial charge in [0, 0.05) is 0 Å². The van der Waals surface area contributed by atoms with E-state index in [0.717, 1.165) is 0 Å². The molecule has 0 bridgehead atoms. The Morgan fingerprint density at radius 1 is 1.38 bits per heavy atom.